The summed E-state index contributed by atoms with van der Waals surface area (Å²) in [6.45, 7) is 7.21. The summed E-state index contributed by atoms with van der Waals surface area (Å²) < 4.78 is 5.65. The van der Waals surface area contributed by atoms with Crippen molar-refractivity contribution >= 4 is 11.3 Å². The zero-order chi connectivity index (χ0) is 14.5. The molecule has 0 bridgehead atoms. The first kappa shape index (κ1) is 15.0. The lowest BCUT2D eigenvalue weighted by Crippen LogP contribution is -2.14. The van der Waals surface area contributed by atoms with Gasteiger partial charge in [-0.1, -0.05) is 6.92 Å². The zero-order valence-corrected chi connectivity index (χ0v) is 13.3. The molecule has 0 fully saturated rings. The first-order valence-electron chi connectivity index (χ1n) is 6.97. The number of benzene rings is 1. The Bertz CT molecular complexity index is 534. The number of likely N-dealkylation sites (N-methyl/N-ethyl adjacent to an activating group) is 1. The Balaban J connectivity index is 2.11. The van der Waals surface area contributed by atoms with Gasteiger partial charge in [-0.05, 0) is 45.2 Å². The minimum atomic E-state index is 0.203. The van der Waals surface area contributed by atoms with E-state index >= 15 is 0 Å². The number of rotatable bonds is 6. The number of nitrogens with one attached hydrogen (secondary N) is 1. The summed E-state index contributed by atoms with van der Waals surface area (Å²) in [5.41, 5.74) is 2.18. The van der Waals surface area contributed by atoms with Crippen LogP contribution in [0.5, 0.6) is 5.75 Å². The third-order valence-electron chi connectivity index (χ3n) is 2.98. The second-order valence-electron chi connectivity index (χ2n) is 5.22. The minimum Gasteiger partial charge on any atom is -0.491 e. The maximum atomic E-state index is 5.65. The van der Waals surface area contributed by atoms with E-state index in [-0.39, 0.29) is 6.10 Å². The Morgan fingerprint density at radius 1 is 1.20 bits per heavy atom. The topological polar surface area (TPSA) is 34.2 Å². The van der Waals surface area contributed by atoms with Gasteiger partial charge in [0, 0.05) is 23.4 Å². The third-order valence-corrected chi connectivity index (χ3v) is 4.05. The molecule has 2 rings (SSSR count). The van der Waals surface area contributed by atoms with Crippen molar-refractivity contribution in [3.8, 4) is 17.0 Å². The first-order chi connectivity index (χ1) is 9.60. The van der Waals surface area contributed by atoms with Gasteiger partial charge in [-0.15, -0.1) is 11.3 Å². The van der Waals surface area contributed by atoms with Gasteiger partial charge in [0.05, 0.1) is 16.8 Å². The highest BCUT2D eigenvalue weighted by Crippen LogP contribution is 2.27. The molecule has 0 aliphatic rings. The van der Waals surface area contributed by atoms with Crippen molar-refractivity contribution in [1.82, 2.24) is 10.3 Å². The lowest BCUT2D eigenvalue weighted by atomic mass is 10.1. The molecular weight excluding hydrogens is 268 g/mol. The van der Waals surface area contributed by atoms with Crippen LogP contribution in [0.4, 0.5) is 0 Å². The van der Waals surface area contributed by atoms with Crippen molar-refractivity contribution in [2.75, 3.05) is 13.6 Å². The highest BCUT2D eigenvalue weighted by atomic mass is 32.1. The first-order valence-corrected chi connectivity index (χ1v) is 7.85. The predicted octanol–water partition coefficient (Wildman–Crippen LogP) is 3.92. The van der Waals surface area contributed by atoms with Crippen molar-refractivity contribution in [3.63, 3.8) is 0 Å². The van der Waals surface area contributed by atoms with E-state index in [0.29, 0.717) is 5.92 Å². The minimum absolute atomic E-state index is 0.203. The van der Waals surface area contributed by atoms with Crippen LogP contribution in [0, 0.1) is 0 Å². The van der Waals surface area contributed by atoms with E-state index < -0.39 is 0 Å². The average Bonchev–Trinajstić information content (AvgIpc) is 2.89. The quantitative estimate of drug-likeness (QED) is 0.875. The van der Waals surface area contributed by atoms with Gasteiger partial charge in [0.2, 0.25) is 0 Å². The summed E-state index contributed by atoms with van der Waals surface area (Å²) in [6.07, 6.45) is 0.203. The summed E-state index contributed by atoms with van der Waals surface area (Å²) >= 11 is 1.72. The Labute approximate surface area is 125 Å². The molecule has 1 heterocycles. The molecule has 1 aromatic heterocycles. The smallest absolute Gasteiger partial charge is 0.119 e. The highest BCUT2D eigenvalue weighted by Gasteiger charge is 2.10. The molecule has 1 aromatic carbocycles. The van der Waals surface area contributed by atoms with Crippen LogP contribution in [0.15, 0.2) is 29.6 Å². The number of ether oxygens (including phenoxy) is 1. The molecule has 4 heteroatoms. The van der Waals surface area contributed by atoms with Gasteiger partial charge in [-0.3, -0.25) is 0 Å². The Kier molecular flexibility index (Phi) is 5.15. The maximum Gasteiger partial charge on any atom is 0.119 e. The number of aromatic nitrogens is 1. The fourth-order valence-electron chi connectivity index (χ4n) is 2.02. The Morgan fingerprint density at radius 3 is 2.50 bits per heavy atom. The highest BCUT2D eigenvalue weighted by molar-refractivity contribution is 7.10. The molecule has 0 saturated carbocycles. The molecule has 0 amide bonds. The summed E-state index contributed by atoms with van der Waals surface area (Å²) in [5, 5.41) is 6.49. The standard InChI is InChI=1S/C16H22N2OS/c1-11(2)19-14-7-5-13(6-8-14)15-10-20-16(18-15)12(3)9-17-4/h5-8,10-12,17H,9H2,1-4H3. The molecule has 0 saturated heterocycles. The van der Waals surface area contributed by atoms with E-state index in [1.165, 1.54) is 5.01 Å². The van der Waals surface area contributed by atoms with Crippen molar-refractivity contribution in [1.29, 1.82) is 0 Å². The summed E-state index contributed by atoms with van der Waals surface area (Å²) in [7, 11) is 1.97. The maximum absolute atomic E-state index is 5.65. The molecule has 2 aromatic rings. The predicted molar refractivity (Wildman–Crippen MR) is 85.7 cm³/mol. The molecule has 3 nitrogen and oxygen atoms in total. The van der Waals surface area contributed by atoms with Crippen LogP contribution in [0.25, 0.3) is 11.3 Å². The zero-order valence-electron chi connectivity index (χ0n) is 12.5. The number of hydrogen-bond acceptors (Lipinski definition) is 4. The molecule has 20 heavy (non-hydrogen) atoms. The van der Waals surface area contributed by atoms with Gasteiger partial charge in [-0.2, -0.15) is 0 Å². The summed E-state index contributed by atoms with van der Waals surface area (Å²) in [4.78, 5) is 4.73. The molecule has 1 N–H and O–H groups in total. The average molecular weight is 290 g/mol. The van der Waals surface area contributed by atoms with Crippen molar-refractivity contribution < 1.29 is 4.74 Å². The Morgan fingerprint density at radius 2 is 1.90 bits per heavy atom. The summed E-state index contributed by atoms with van der Waals surface area (Å²) in [6, 6.07) is 8.15. The molecule has 0 aliphatic heterocycles. The lowest BCUT2D eigenvalue weighted by Gasteiger charge is -2.09. The van der Waals surface area contributed by atoms with Gasteiger partial charge in [0.1, 0.15) is 5.75 Å². The van der Waals surface area contributed by atoms with Gasteiger partial charge in [0.15, 0.2) is 0 Å². The summed E-state index contributed by atoms with van der Waals surface area (Å²) in [5.74, 6) is 1.35. The van der Waals surface area contributed by atoms with E-state index in [0.717, 1.165) is 23.6 Å². The van der Waals surface area contributed by atoms with Crippen molar-refractivity contribution in [2.24, 2.45) is 0 Å². The van der Waals surface area contributed by atoms with Gasteiger partial charge < -0.3 is 10.1 Å². The van der Waals surface area contributed by atoms with Crippen LogP contribution >= 0.6 is 11.3 Å². The van der Waals surface area contributed by atoms with E-state index in [4.69, 9.17) is 9.72 Å². The van der Waals surface area contributed by atoms with Gasteiger partial charge in [-0.25, -0.2) is 4.98 Å². The van der Waals surface area contributed by atoms with Crippen LogP contribution in [-0.2, 0) is 0 Å². The van der Waals surface area contributed by atoms with Crippen molar-refractivity contribution in [2.45, 2.75) is 32.8 Å². The Hall–Kier alpha value is -1.39. The molecule has 0 aliphatic carbocycles. The lowest BCUT2D eigenvalue weighted by molar-refractivity contribution is 0.242. The fraction of sp³-hybridized carbons (Fsp3) is 0.438. The van der Waals surface area contributed by atoms with Gasteiger partial charge >= 0.3 is 0 Å². The fourth-order valence-corrected chi connectivity index (χ4v) is 2.90. The molecule has 0 radical (unpaired) electrons. The van der Waals surface area contributed by atoms with Crippen LogP contribution in [0.3, 0.4) is 0 Å². The SMILES string of the molecule is CNCC(C)c1nc(-c2ccc(OC(C)C)cc2)cs1. The largest absolute Gasteiger partial charge is 0.491 e. The van der Waals surface area contributed by atoms with E-state index in [1.807, 2.05) is 33.0 Å². The van der Waals surface area contributed by atoms with Crippen LogP contribution in [-0.4, -0.2) is 24.7 Å². The van der Waals surface area contributed by atoms with E-state index in [1.54, 1.807) is 11.3 Å². The molecule has 1 unspecified atom stereocenters. The van der Waals surface area contributed by atoms with E-state index in [9.17, 15) is 0 Å². The number of thiazole rings is 1. The second kappa shape index (κ2) is 6.86. The molecule has 0 spiro atoms. The van der Waals surface area contributed by atoms with Crippen LogP contribution < -0.4 is 10.1 Å². The molecule has 1 atom stereocenters. The van der Waals surface area contributed by atoms with Crippen LogP contribution in [0.2, 0.25) is 0 Å². The van der Waals surface area contributed by atoms with Gasteiger partial charge in [0.25, 0.3) is 0 Å². The normalized spacial score (nSPS) is 12.7. The monoisotopic (exact) mass is 290 g/mol. The molecule has 108 valence electrons. The second-order valence-corrected chi connectivity index (χ2v) is 6.11. The van der Waals surface area contributed by atoms with Crippen LogP contribution in [0.1, 0.15) is 31.7 Å². The third kappa shape index (κ3) is 3.81. The number of nitrogens with zero attached hydrogens (tertiary/aromatic N) is 1. The number of hydrogen-bond donors (Lipinski definition) is 1. The van der Waals surface area contributed by atoms with E-state index in [2.05, 4.69) is 29.8 Å². The van der Waals surface area contributed by atoms with Crippen molar-refractivity contribution in [3.05, 3.63) is 34.7 Å². The molecular formula is C16H22N2OS.